The van der Waals surface area contributed by atoms with E-state index in [4.69, 9.17) is 0 Å². The highest BCUT2D eigenvalue weighted by molar-refractivity contribution is 5.82. The van der Waals surface area contributed by atoms with E-state index in [-0.39, 0.29) is 17.4 Å². The van der Waals surface area contributed by atoms with E-state index in [0.717, 1.165) is 13.0 Å². The van der Waals surface area contributed by atoms with Gasteiger partial charge in [-0.05, 0) is 23.5 Å². The monoisotopic (exact) mass is 259 g/mol. The summed E-state index contributed by atoms with van der Waals surface area (Å²) in [6, 6.07) is 8.78. The van der Waals surface area contributed by atoms with E-state index in [2.05, 4.69) is 43.0 Å². The van der Waals surface area contributed by atoms with Crippen molar-refractivity contribution in [3.63, 3.8) is 0 Å². The Kier molecular flexibility index (Phi) is 3.71. The zero-order chi connectivity index (χ0) is 14.2. The lowest BCUT2D eigenvalue weighted by atomic mass is 9.84. The number of benzene rings is 1. The maximum absolute atomic E-state index is 12.7. The van der Waals surface area contributed by atoms with E-state index < -0.39 is 0 Å². The zero-order valence-electron chi connectivity index (χ0n) is 12.7. The third-order valence-corrected chi connectivity index (χ3v) is 3.87. The lowest BCUT2D eigenvalue weighted by Crippen LogP contribution is -2.46. The van der Waals surface area contributed by atoms with Crippen LogP contribution in [0.5, 0.6) is 0 Å². The molecule has 0 bridgehead atoms. The van der Waals surface area contributed by atoms with Crippen LogP contribution in [0.15, 0.2) is 24.3 Å². The molecule has 2 nitrogen and oxygen atoms in total. The number of nitrogens with zero attached hydrogens (tertiary/aromatic N) is 1. The van der Waals surface area contributed by atoms with Crippen LogP contribution in [0.25, 0.3) is 0 Å². The summed E-state index contributed by atoms with van der Waals surface area (Å²) in [4.78, 5) is 14.8. The fourth-order valence-electron chi connectivity index (χ4n) is 2.98. The van der Waals surface area contributed by atoms with E-state index in [0.29, 0.717) is 5.92 Å². The molecule has 0 N–H and O–H groups in total. The number of carbonyl (C=O) groups excluding carboxylic acids is 1. The molecule has 19 heavy (non-hydrogen) atoms. The van der Waals surface area contributed by atoms with Gasteiger partial charge in [0.1, 0.15) is 0 Å². The standard InChI is InChI=1S/C17H25NO/c1-12(2)15-14-9-7-6-8-13(14)10-11-18(15)16(19)17(3,4)5/h6-9,12,15H,10-11H2,1-5H3. The largest absolute Gasteiger partial charge is 0.335 e. The summed E-state index contributed by atoms with van der Waals surface area (Å²) in [7, 11) is 0. The van der Waals surface area contributed by atoms with E-state index in [1.807, 2.05) is 20.8 Å². The number of carbonyl (C=O) groups is 1. The van der Waals surface area contributed by atoms with Crippen molar-refractivity contribution < 1.29 is 4.79 Å². The average Bonchev–Trinajstić information content (AvgIpc) is 2.35. The number of amides is 1. The van der Waals surface area contributed by atoms with E-state index >= 15 is 0 Å². The van der Waals surface area contributed by atoms with Crippen LogP contribution < -0.4 is 0 Å². The summed E-state index contributed by atoms with van der Waals surface area (Å²) in [5.41, 5.74) is 2.43. The smallest absolute Gasteiger partial charge is 0.228 e. The van der Waals surface area contributed by atoms with Gasteiger partial charge in [0.25, 0.3) is 0 Å². The molecular formula is C17H25NO. The molecule has 0 saturated heterocycles. The van der Waals surface area contributed by atoms with Gasteiger partial charge in [0, 0.05) is 12.0 Å². The maximum Gasteiger partial charge on any atom is 0.228 e. The minimum Gasteiger partial charge on any atom is -0.335 e. The first-order valence-electron chi connectivity index (χ1n) is 7.21. The molecule has 1 aromatic rings. The summed E-state index contributed by atoms with van der Waals surface area (Å²) in [5.74, 6) is 0.702. The normalized spacial score (nSPS) is 19.5. The second-order valence-corrected chi connectivity index (χ2v) is 6.89. The van der Waals surface area contributed by atoms with Crippen molar-refractivity contribution in [1.82, 2.24) is 4.90 Å². The summed E-state index contributed by atoms with van der Waals surface area (Å²) in [5, 5.41) is 0. The van der Waals surface area contributed by atoms with Crippen LogP contribution in [0.1, 0.15) is 51.8 Å². The van der Waals surface area contributed by atoms with Crippen LogP contribution in [-0.2, 0) is 11.2 Å². The Morgan fingerprint density at radius 3 is 2.47 bits per heavy atom. The van der Waals surface area contributed by atoms with Crippen LogP contribution >= 0.6 is 0 Å². The maximum atomic E-state index is 12.7. The first-order valence-corrected chi connectivity index (χ1v) is 7.21. The lowest BCUT2D eigenvalue weighted by Gasteiger charge is -2.42. The second-order valence-electron chi connectivity index (χ2n) is 6.89. The number of hydrogen-bond donors (Lipinski definition) is 0. The van der Waals surface area contributed by atoms with Crippen molar-refractivity contribution in [2.75, 3.05) is 6.54 Å². The summed E-state index contributed by atoms with van der Waals surface area (Å²) < 4.78 is 0. The Balaban J connectivity index is 2.41. The minimum absolute atomic E-state index is 0.219. The first-order chi connectivity index (χ1) is 8.82. The van der Waals surface area contributed by atoms with Crippen LogP contribution in [0, 0.1) is 11.3 Å². The topological polar surface area (TPSA) is 20.3 Å². The number of fused-ring (bicyclic) bond motifs is 1. The van der Waals surface area contributed by atoms with E-state index in [1.165, 1.54) is 11.1 Å². The highest BCUT2D eigenvalue weighted by Crippen LogP contribution is 2.37. The van der Waals surface area contributed by atoms with Gasteiger partial charge in [-0.15, -0.1) is 0 Å². The van der Waals surface area contributed by atoms with Crippen molar-refractivity contribution in [2.24, 2.45) is 11.3 Å². The molecule has 1 atom stereocenters. The SMILES string of the molecule is CC(C)C1c2ccccc2CCN1C(=O)C(C)(C)C. The summed E-state index contributed by atoms with van der Waals surface area (Å²) in [6.07, 6.45) is 0.973. The molecule has 0 spiro atoms. The van der Waals surface area contributed by atoms with Gasteiger partial charge in [0.2, 0.25) is 5.91 Å². The predicted octanol–water partition coefficient (Wildman–Crippen LogP) is 3.81. The van der Waals surface area contributed by atoms with Gasteiger partial charge in [-0.1, -0.05) is 58.9 Å². The van der Waals surface area contributed by atoms with Gasteiger partial charge in [-0.3, -0.25) is 4.79 Å². The minimum atomic E-state index is -0.306. The molecule has 1 amide bonds. The van der Waals surface area contributed by atoms with Crippen LogP contribution in [0.2, 0.25) is 0 Å². The molecule has 1 unspecified atom stereocenters. The molecular weight excluding hydrogens is 234 g/mol. The molecule has 1 aromatic carbocycles. The van der Waals surface area contributed by atoms with Crippen LogP contribution in [0.4, 0.5) is 0 Å². The molecule has 1 heterocycles. The molecule has 1 aliphatic heterocycles. The number of rotatable bonds is 1. The lowest BCUT2D eigenvalue weighted by molar-refractivity contribution is -0.143. The van der Waals surface area contributed by atoms with E-state index in [1.54, 1.807) is 0 Å². The van der Waals surface area contributed by atoms with Gasteiger partial charge in [0.15, 0.2) is 0 Å². The molecule has 0 aromatic heterocycles. The van der Waals surface area contributed by atoms with Gasteiger partial charge in [0.05, 0.1) is 6.04 Å². The second kappa shape index (κ2) is 4.99. The van der Waals surface area contributed by atoms with Crippen molar-refractivity contribution in [3.8, 4) is 0 Å². The average molecular weight is 259 g/mol. The number of hydrogen-bond acceptors (Lipinski definition) is 1. The van der Waals surface area contributed by atoms with Crippen molar-refractivity contribution in [2.45, 2.75) is 47.1 Å². The molecule has 1 aliphatic rings. The van der Waals surface area contributed by atoms with Gasteiger partial charge < -0.3 is 4.90 Å². The van der Waals surface area contributed by atoms with Crippen molar-refractivity contribution >= 4 is 5.91 Å². The Morgan fingerprint density at radius 1 is 1.26 bits per heavy atom. The Hall–Kier alpha value is -1.31. The third-order valence-electron chi connectivity index (χ3n) is 3.87. The highest BCUT2D eigenvalue weighted by atomic mass is 16.2. The fourth-order valence-corrected chi connectivity index (χ4v) is 2.98. The molecule has 0 saturated carbocycles. The molecule has 104 valence electrons. The van der Waals surface area contributed by atoms with Crippen LogP contribution in [-0.4, -0.2) is 17.4 Å². The summed E-state index contributed by atoms with van der Waals surface area (Å²) >= 11 is 0. The molecule has 0 aliphatic carbocycles. The summed E-state index contributed by atoms with van der Waals surface area (Å²) in [6.45, 7) is 11.3. The quantitative estimate of drug-likeness (QED) is 0.751. The molecule has 2 rings (SSSR count). The predicted molar refractivity (Wildman–Crippen MR) is 78.9 cm³/mol. The zero-order valence-corrected chi connectivity index (χ0v) is 12.7. The van der Waals surface area contributed by atoms with Crippen molar-refractivity contribution in [1.29, 1.82) is 0 Å². The molecule has 0 radical (unpaired) electrons. The van der Waals surface area contributed by atoms with E-state index in [9.17, 15) is 4.79 Å². The van der Waals surface area contributed by atoms with Crippen LogP contribution in [0.3, 0.4) is 0 Å². The Bertz CT molecular complexity index is 470. The fraction of sp³-hybridized carbons (Fsp3) is 0.588. The highest BCUT2D eigenvalue weighted by Gasteiger charge is 2.36. The van der Waals surface area contributed by atoms with Gasteiger partial charge >= 0.3 is 0 Å². The molecule has 0 fully saturated rings. The first kappa shape index (κ1) is 14.1. The Labute approximate surface area is 116 Å². The third kappa shape index (κ3) is 2.68. The Morgan fingerprint density at radius 2 is 1.89 bits per heavy atom. The van der Waals surface area contributed by atoms with Crippen molar-refractivity contribution in [3.05, 3.63) is 35.4 Å². The van der Waals surface area contributed by atoms with Gasteiger partial charge in [-0.2, -0.15) is 0 Å². The molecule has 2 heteroatoms. The van der Waals surface area contributed by atoms with Gasteiger partial charge in [-0.25, -0.2) is 0 Å².